The van der Waals surface area contributed by atoms with Crippen molar-refractivity contribution < 1.29 is 4.79 Å². The SMILES string of the molecule is CC(C)Nc1ccc(N(C)C(=O)c2ccccc2)cn1. The van der Waals surface area contributed by atoms with E-state index in [1.807, 2.05) is 30.3 Å². The van der Waals surface area contributed by atoms with Crippen LogP contribution >= 0.6 is 0 Å². The first kappa shape index (κ1) is 14.1. The molecule has 0 saturated heterocycles. The van der Waals surface area contributed by atoms with E-state index in [1.165, 1.54) is 0 Å². The molecule has 1 aromatic carbocycles. The molecule has 20 heavy (non-hydrogen) atoms. The summed E-state index contributed by atoms with van der Waals surface area (Å²) in [6.45, 7) is 4.11. The lowest BCUT2D eigenvalue weighted by Gasteiger charge is -2.17. The summed E-state index contributed by atoms with van der Waals surface area (Å²) in [5.41, 5.74) is 1.44. The number of anilines is 2. The summed E-state index contributed by atoms with van der Waals surface area (Å²) in [5, 5.41) is 3.22. The summed E-state index contributed by atoms with van der Waals surface area (Å²) in [6, 6.07) is 13.3. The minimum absolute atomic E-state index is 0.0445. The molecular formula is C16H19N3O. The van der Waals surface area contributed by atoms with Crippen molar-refractivity contribution in [2.75, 3.05) is 17.3 Å². The van der Waals surface area contributed by atoms with E-state index in [4.69, 9.17) is 0 Å². The number of rotatable bonds is 4. The Morgan fingerprint density at radius 1 is 1.15 bits per heavy atom. The van der Waals surface area contributed by atoms with Crippen LogP contribution in [0.5, 0.6) is 0 Å². The van der Waals surface area contributed by atoms with Crippen LogP contribution in [0.1, 0.15) is 24.2 Å². The van der Waals surface area contributed by atoms with Crippen molar-refractivity contribution in [3.8, 4) is 0 Å². The number of hydrogen-bond acceptors (Lipinski definition) is 3. The summed E-state index contributed by atoms with van der Waals surface area (Å²) in [5.74, 6) is 0.765. The molecule has 0 aliphatic heterocycles. The molecule has 1 heterocycles. The normalized spacial score (nSPS) is 10.4. The van der Waals surface area contributed by atoms with E-state index in [1.54, 1.807) is 30.3 Å². The van der Waals surface area contributed by atoms with Gasteiger partial charge in [0.1, 0.15) is 5.82 Å². The number of carbonyl (C=O) groups excluding carboxylic acids is 1. The maximum absolute atomic E-state index is 12.3. The van der Waals surface area contributed by atoms with Crippen LogP contribution in [0.3, 0.4) is 0 Å². The molecule has 1 N–H and O–H groups in total. The zero-order chi connectivity index (χ0) is 14.5. The van der Waals surface area contributed by atoms with Crippen LogP contribution < -0.4 is 10.2 Å². The fourth-order valence-corrected chi connectivity index (χ4v) is 1.86. The van der Waals surface area contributed by atoms with E-state index in [-0.39, 0.29) is 5.91 Å². The van der Waals surface area contributed by atoms with Crippen LogP contribution in [-0.2, 0) is 0 Å². The van der Waals surface area contributed by atoms with Gasteiger partial charge in [0.25, 0.3) is 5.91 Å². The van der Waals surface area contributed by atoms with Gasteiger partial charge >= 0.3 is 0 Å². The molecule has 0 fully saturated rings. The number of benzene rings is 1. The first-order chi connectivity index (χ1) is 9.58. The largest absolute Gasteiger partial charge is 0.368 e. The number of nitrogens with one attached hydrogen (secondary N) is 1. The standard InChI is InChI=1S/C16H19N3O/c1-12(2)18-15-10-9-14(11-17-15)19(3)16(20)13-7-5-4-6-8-13/h4-12H,1-3H3,(H,17,18). The third kappa shape index (κ3) is 3.35. The Bertz CT molecular complexity index is 564. The third-order valence-electron chi connectivity index (χ3n) is 2.90. The molecule has 0 atom stereocenters. The summed E-state index contributed by atoms with van der Waals surface area (Å²) in [4.78, 5) is 18.2. The highest BCUT2D eigenvalue weighted by Gasteiger charge is 2.13. The highest BCUT2D eigenvalue weighted by molar-refractivity contribution is 6.05. The van der Waals surface area contributed by atoms with Gasteiger partial charge in [-0.2, -0.15) is 0 Å². The second kappa shape index (κ2) is 6.19. The van der Waals surface area contributed by atoms with Gasteiger partial charge in [-0.1, -0.05) is 18.2 Å². The Morgan fingerprint density at radius 3 is 2.40 bits per heavy atom. The molecule has 4 heteroatoms. The minimum atomic E-state index is -0.0445. The molecule has 2 rings (SSSR count). The average Bonchev–Trinajstić information content (AvgIpc) is 2.47. The first-order valence-electron chi connectivity index (χ1n) is 6.63. The van der Waals surface area contributed by atoms with Crippen molar-refractivity contribution >= 4 is 17.4 Å². The molecular weight excluding hydrogens is 250 g/mol. The average molecular weight is 269 g/mol. The molecule has 0 spiro atoms. The quantitative estimate of drug-likeness (QED) is 0.927. The van der Waals surface area contributed by atoms with Crippen molar-refractivity contribution in [3.05, 3.63) is 54.2 Å². The van der Waals surface area contributed by atoms with Gasteiger partial charge in [0.05, 0.1) is 11.9 Å². The molecule has 1 aromatic heterocycles. The maximum Gasteiger partial charge on any atom is 0.258 e. The number of nitrogens with zero attached hydrogens (tertiary/aromatic N) is 2. The predicted octanol–water partition coefficient (Wildman–Crippen LogP) is 3.18. The molecule has 0 aliphatic rings. The van der Waals surface area contributed by atoms with Crippen LogP contribution in [0.15, 0.2) is 48.7 Å². The number of amides is 1. The van der Waals surface area contributed by atoms with E-state index in [0.717, 1.165) is 11.5 Å². The minimum Gasteiger partial charge on any atom is -0.368 e. The zero-order valence-corrected chi connectivity index (χ0v) is 12.0. The van der Waals surface area contributed by atoms with E-state index in [9.17, 15) is 4.79 Å². The van der Waals surface area contributed by atoms with E-state index in [2.05, 4.69) is 24.1 Å². The predicted molar refractivity (Wildman–Crippen MR) is 82.2 cm³/mol. The fourth-order valence-electron chi connectivity index (χ4n) is 1.86. The lowest BCUT2D eigenvalue weighted by Crippen LogP contribution is -2.26. The molecule has 0 radical (unpaired) electrons. The highest BCUT2D eigenvalue weighted by atomic mass is 16.2. The van der Waals surface area contributed by atoms with E-state index < -0.39 is 0 Å². The smallest absolute Gasteiger partial charge is 0.258 e. The summed E-state index contributed by atoms with van der Waals surface area (Å²) in [7, 11) is 1.75. The molecule has 1 amide bonds. The summed E-state index contributed by atoms with van der Waals surface area (Å²) < 4.78 is 0. The Balaban J connectivity index is 2.13. The van der Waals surface area contributed by atoms with Gasteiger partial charge in [0.2, 0.25) is 0 Å². The van der Waals surface area contributed by atoms with Crippen molar-refractivity contribution in [2.45, 2.75) is 19.9 Å². The Labute approximate surface area is 119 Å². The Hall–Kier alpha value is -2.36. The van der Waals surface area contributed by atoms with Crippen LogP contribution in [0.25, 0.3) is 0 Å². The summed E-state index contributed by atoms with van der Waals surface area (Å²) >= 11 is 0. The summed E-state index contributed by atoms with van der Waals surface area (Å²) in [6.07, 6.45) is 1.70. The lowest BCUT2D eigenvalue weighted by atomic mass is 10.2. The van der Waals surface area contributed by atoms with E-state index >= 15 is 0 Å². The zero-order valence-electron chi connectivity index (χ0n) is 12.0. The molecule has 0 saturated carbocycles. The van der Waals surface area contributed by atoms with Crippen molar-refractivity contribution in [2.24, 2.45) is 0 Å². The third-order valence-corrected chi connectivity index (χ3v) is 2.90. The number of aromatic nitrogens is 1. The topological polar surface area (TPSA) is 45.2 Å². The molecule has 104 valence electrons. The second-order valence-corrected chi connectivity index (χ2v) is 4.93. The number of hydrogen-bond donors (Lipinski definition) is 1. The van der Waals surface area contributed by atoms with Gasteiger partial charge < -0.3 is 10.2 Å². The van der Waals surface area contributed by atoms with Crippen LogP contribution in [0.4, 0.5) is 11.5 Å². The van der Waals surface area contributed by atoms with Gasteiger partial charge in [-0.15, -0.1) is 0 Å². The van der Waals surface area contributed by atoms with Gasteiger partial charge in [-0.05, 0) is 38.1 Å². The van der Waals surface area contributed by atoms with Gasteiger partial charge in [-0.3, -0.25) is 4.79 Å². The van der Waals surface area contributed by atoms with Crippen LogP contribution in [-0.4, -0.2) is 24.0 Å². The molecule has 2 aromatic rings. The van der Waals surface area contributed by atoms with Crippen molar-refractivity contribution in [1.29, 1.82) is 0 Å². The molecule has 0 bridgehead atoms. The van der Waals surface area contributed by atoms with E-state index in [0.29, 0.717) is 11.6 Å². The monoisotopic (exact) mass is 269 g/mol. The van der Waals surface area contributed by atoms with Crippen LogP contribution in [0.2, 0.25) is 0 Å². The number of pyridine rings is 1. The lowest BCUT2D eigenvalue weighted by molar-refractivity contribution is 0.0993. The van der Waals surface area contributed by atoms with Gasteiger partial charge in [0, 0.05) is 18.7 Å². The van der Waals surface area contributed by atoms with Gasteiger partial charge in [0.15, 0.2) is 0 Å². The fraction of sp³-hybridized carbons (Fsp3) is 0.250. The first-order valence-corrected chi connectivity index (χ1v) is 6.63. The van der Waals surface area contributed by atoms with Crippen LogP contribution in [0, 0.1) is 0 Å². The molecule has 0 aliphatic carbocycles. The molecule has 0 unspecified atom stereocenters. The highest BCUT2D eigenvalue weighted by Crippen LogP contribution is 2.16. The Kier molecular flexibility index (Phi) is 4.35. The molecule has 4 nitrogen and oxygen atoms in total. The van der Waals surface area contributed by atoms with Gasteiger partial charge in [-0.25, -0.2) is 4.98 Å². The second-order valence-electron chi connectivity index (χ2n) is 4.93. The van der Waals surface area contributed by atoms with Crippen molar-refractivity contribution in [1.82, 2.24) is 4.98 Å². The Morgan fingerprint density at radius 2 is 1.85 bits per heavy atom. The maximum atomic E-state index is 12.3. The number of carbonyl (C=O) groups is 1. The van der Waals surface area contributed by atoms with Crippen molar-refractivity contribution in [3.63, 3.8) is 0 Å².